The number of hydrogen-bond donors (Lipinski definition) is 0. The molecule has 132 valence electrons. The standard InChI is InChI=1S/C25H17N3/c1-3-7-18(8-4-1)20-11-12-22-21(15-20)16-23(19-9-5-2-6-10-19)28-25(22)24-17-26-13-14-27-24/h1-17H. The maximum Gasteiger partial charge on any atom is 0.108 e. The second-order valence-corrected chi connectivity index (χ2v) is 6.61. The average Bonchev–Trinajstić information content (AvgIpc) is 2.79. The summed E-state index contributed by atoms with van der Waals surface area (Å²) in [6.07, 6.45) is 5.15. The van der Waals surface area contributed by atoms with Crippen LogP contribution in [0.5, 0.6) is 0 Å². The Morgan fingerprint density at radius 3 is 2.04 bits per heavy atom. The summed E-state index contributed by atoms with van der Waals surface area (Å²) in [6.45, 7) is 0. The van der Waals surface area contributed by atoms with Gasteiger partial charge in [0.2, 0.25) is 0 Å². The molecule has 3 heteroatoms. The van der Waals surface area contributed by atoms with E-state index in [0.29, 0.717) is 0 Å². The van der Waals surface area contributed by atoms with Gasteiger partial charge in [-0.2, -0.15) is 0 Å². The summed E-state index contributed by atoms with van der Waals surface area (Å²) < 4.78 is 0. The van der Waals surface area contributed by atoms with E-state index in [-0.39, 0.29) is 0 Å². The highest BCUT2D eigenvalue weighted by molar-refractivity contribution is 5.98. The zero-order valence-corrected chi connectivity index (χ0v) is 15.2. The predicted molar refractivity (Wildman–Crippen MR) is 114 cm³/mol. The molecule has 0 N–H and O–H groups in total. The molecule has 0 bridgehead atoms. The lowest BCUT2D eigenvalue weighted by atomic mass is 9.98. The van der Waals surface area contributed by atoms with Crippen molar-refractivity contribution in [3.05, 3.63) is 104 Å². The van der Waals surface area contributed by atoms with Gasteiger partial charge in [-0.05, 0) is 28.6 Å². The minimum atomic E-state index is 0.776. The van der Waals surface area contributed by atoms with E-state index in [0.717, 1.165) is 33.4 Å². The van der Waals surface area contributed by atoms with Crippen molar-refractivity contribution in [1.82, 2.24) is 15.0 Å². The van der Waals surface area contributed by atoms with E-state index in [9.17, 15) is 0 Å². The fourth-order valence-corrected chi connectivity index (χ4v) is 3.44. The van der Waals surface area contributed by atoms with Gasteiger partial charge in [0, 0.05) is 23.3 Å². The van der Waals surface area contributed by atoms with Crippen LogP contribution >= 0.6 is 0 Å². The van der Waals surface area contributed by atoms with E-state index >= 15 is 0 Å². The quantitative estimate of drug-likeness (QED) is 0.395. The summed E-state index contributed by atoms with van der Waals surface area (Å²) in [4.78, 5) is 13.7. The van der Waals surface area contributed by atoms with Gasteiger partial charge in [-0.1, -0.05) is 72.8 Å². The maximum atomic E-state index is 4.94. The first-order chi connectivity index (χ1) is 13.9. The van der Waals surface area contributed by atoms with Crippen LogP contribution in [0.4, 0.5) is 0 Å². The molecule has 5 rings (SSSR count). The van der Waals surface area contributed by atoms with Crippen LogP contribution in [0, 0.1) is 0 Å². The van der Waals surface area contributed by atoms with Crippen molar-refractivity contribution >= 4 is 10.8 Å². The number of pyridine rings is 1. The third-order valence-corrected chi connectivity index (χ3v) is 4.81. The van der Waals surface area contributed by atoms with Gasteiger partial charge in [-0.25, -0.2) is 4.98 Å². The van der Waals surface area contributed by atoms with Gasteiger partial charge in [0.1, 0.15) is 5.69 Å². The Kier molecular flexibility index (Phi) is 4.11. The number of fused-ring (bicyclic) bond motifs is 1. The molecule has 0 aliphatic rings. The summed E-state index contributed by atoms with van der Waals surface area (Å²) in [5.74, 6) is 0. The molecule has 0 saturated heterocycles. The Bertz CT molecular complexity index is 1230. The Morgan fingerprint density at radius 2 is 1.32 bits per heavy atom. The lowest BCUT2D eigenvalue weighted by Gasteiger charge is -2.11. The molecule has 0 aliphatic heterocycles. The SMILES string of the molecule is c1ccc(-c2ccc3c(-c4cnccn4)nc(-c4ccccc4)cc3c2)cc1. The molecular weight excluding hydrogens is 342 g/mol. The number of aromatic nitrogens is 3. The lowest BCUT2D eigenvalue weighted by Crippen LogP contribution is -1.94. The molecule has 0 unspecified atom stereocenters. The fraction of sp³-hybridized carbons (Fsp3) is 0. The molecule has 2 aromatic heterocycles. The Balaban J connectivity index is 1.77. The van der Waals surface area contributed by atoms with Crippen molar-refractivity contribution < 1.29 is 0 Å². The van der Waals surface area contributed by atoms with E-state index in [1.807, 2.05) is 24.3 Å². The number of rotatable bonds is 3. The molecule has 3 nitrogen and oxygen atoms in total. The zero-order valence-electron chi connectivity index (χ0n) is 15.2. The van der Waals surface area contributed by atoms with Crippen molar-refractivity contribution in [3.63, 3.8) is 0 Å². The van der Waals surface area contributed by atoms with Crippen LogP contribution in [0.1, 0.15) is 0 Å². The highest BCUT2D eigenvalue weighted by Crippen LogP contribution is 2.32. The summed E-state index contributed by atoms with van der Waals surface area (Å²) in [6, 6.07) is 29.3. The minimum Gasteiger partial charge on any atom is -0.261 e. The second kappa shape index (κ2) is 7.05. The van der Waals surface area contributed by atoms with Gasteiger partial charge < -0.3 is 0 Å². The van der Waals surface area contributed by atoms with Crippen molar-refractivity contribution in [2.75, 3.05) is 0 Å². The summed E-state index contributed by atoms with van der Waals surface area (Å²) in [7, 11) is 0. The van der Waals surface area contributed by atoms with Gasteiger partial charge in [-0.3, -0.25) is 9.97 Å². The molecule has 3 aromatic carbocycles. The normalized spacial score (nSPS) is 10.9. The summed E-state index contributed by atoms with van der Waals surface area (Å²) in [5.41, 5.74) is 6.02. The van der Waals surface area contributed by atoms with E-state index in [4.69, 9.17) is 4.98 Å². The molecule has 0 amide bonds. The highest BCUT2D eigenvalue weighted by Gasteiger charge is 2.12. The molecular formula is C25H17N3. The zero-order chi connectivity index (χ0) is 18.8. The van der Waals surface area contributed by atoms with Gasteiger partial charge >= 0.3 is 0 Å². The smallest absolute Gasteiger partial charge is 0.108 e. The van der Waals surface area contributed by atoms with Gasteiger partial charge in [0.05, 0.1) is 17.6 Å². The molecule has 28 heavy (non-hydrogen) atoms. The van der Waals surface area contributed by atoms with E-state index < -0.39 is 0 Å². The molecule has 5 aromatic rings. The van der Waals surface area contributed by atoms with E-state index in [1.54, 1.807) is 18.6 Å². The first kappa shape index (κ1) is 16.3. The minimum absolute atomic E-state index is 0.776. The molecule has 0 atom stereocenters. The van der Waals surface area contributed by atoms with Crippen LogP contribution in [-0.2, 0) is 0 Å². The molecule has 0 radical (unpaired) electrons. The van der Waals surface area contributed by atoms with Crippen molar-refractivity contribution in [3.8, 4) is 33.8 Å². The Hall–Kier alpha value is -3.85. The van der Waals surface area contributed by atoms with Crippen LogP contribution < -0.4 is 0 Å². The van der Waals surface area contributed by atoms with Crippen molar-refractivity contribution in [2.24, 2.45) is 0 Å². The summed E-state index contributed by atoms with van der Waals surface area (Å²) >= 11 is 0. The van der Waals surface area contributed by atoms with Crippen LogP contribution in [0.2, 0.25) is 0 Å². The van der Waals surface area contributed by atoms with Crippen molar-refractivity contribution in [2.45, 2.75) is 0 Å². The largest absolute Gasteiger partial charge is 0.261 e. The fourth-order valence-electron chi connectivity index (χ4n) is 3.44. The lowest BCUT2D eigenvalue weighted by molar-refractivity contribution is 1.18. The van der Waals surface area contributed by atoms with Crippen molar-refractivity contribution in [1.29, 1.82) is 0 Å². The Morgan fingerprint density at radius 1 is 0.571 bits per heavy atom. The third-order valence-electron chi connectivity index (χ3n) is 4.81. The maximum absolute atomic E-state index is 4.94. The van der Waals surface area contributed by atoms with Gasteiger partial charge in [0.25, 0.3) is 0 Å². The second-order valence-electron chi connectivity index (χ2n) is 6.61. The van der Waals surface area contributed by atoms with Crippen LogP contribution in [0.15, 0.2) is 104 Å². The number of hydrogen-bond acceptors (Lipinski definition) is 3. The van der Waals surface area contributed by atoms with Gasteiger partial charge in [0.15, 0.2) is 0 Å². The monoisotopic (exact) mass is 359 g/mol. The molecule has 0 spiro atoms. The van der Waals surface area contributed by atoms with E-state index in [1.165, 1.54) is 11.1 Å². The first-order valence-corrected chi connectivity index (χ1v) is 9.20. The predicted octanol–water partition coefficient (Wildman–Crippen LogP) is 6.03. The van der Waals surface area contributed by atoms with Crippen LogP contribution in [0.3, 0.4) is 0 Å². The molecule has 0 saturated carbocycles. The van der Waals surface area contributed by atoms with E-state index in [2.05, 4.69) is 70.6 Å². The molecule has 2 heterocycles. The molecule has 0 fully saturated rings. The average molecular weight is 359 g/mol. The number of benzene rings is 3. The summed E-state index contributed by atoms with van der Waals surface area (Å²) in [5, 5.41) is 2.20. The third kappa shape index (κ3) is 3.03. The topological polar surface area (TPSA) is 38.7 Å². The van der Waals surface area contributed by atoms with Crippen LogP contribution in [0.25, 0.3) is 44.5 Å². The number of nitrogens with zero attached hydrogens (tertiary/aromatic N) is 3. The molecule has 0 aliphatic carbocycles. The Labute approximate surface area is 163 Å². The van der Waals surface area contributed by atoms with Gasteiger partial charge in [-0.15, -0.1) is 0 Å². The first-order valence-electron chi connectivity index (χ1n) is 9.20. The highest BCUT2D eigenvalue weighted by atomic mass is 14.8. The van der Waals surface area contributed by atoms with Crippen LogP contribution in [-0.4, -0.2) is 15.0 Å².